The Bertz CT molecular complexity index is 695. The molecular weight excluding hydrogens is 350 g/mol. The Kier molecular flexibility index (Phi) is 7.52. The highest BCUT2D eigenvalue weighted by atomic mass is 16.5. The highest BCUT2D eigenvalue weighted by Gasteiger charge is 2.35. The number of hydrogen-bond donors (Lipinski definition) is 1. The van der Waals surface area contributed by atoms with Crippen molar-refractivity contribution < 1.29 is 9.53 Å². The van der Waals surface area contributed by atoms with Crippen LogP contribution in [0.25, 0.3) is 0 Å². The second-order valence-corrected chi connectivity index (χ2v) is 7.80. The molecule has 1 aromatic carbocycles. The number of para-hydroxylation sites is 1. The zero-order valence-corrected chi connectivity index (χ0v) is 17.0. The molecule has 1 heterocycles. The molecule has 2 N–H and O–H groups in total. The van der Waals surface area contributed by atoms with Gasteiger partial charge < -0.3 is 10.5 Å². The van der Waals surface area contributed by atoms with Gasteiger partial charge in [0.2, 0.25) is 5.88 Å². The molecule has 1 fully saturated rings. The van der Waals surface area contributed by atoms with Gasteiger partial charge in [-0.25, -0.2) is 0 Å². The van der Waals surface area contributed by atoms with Crippen molar-refractivity contribution in [2.45, 2.75) is 64.7 Å². The van der Waals surface area contributed by atoms with Crippen LogP contribution in [0.15, 0.2) is 47.4 Å². The van der Waals surface area contributed by atoms with Crippen LogP contribution in [0.1, 0.15) is 64.7 Å². The van der Waals surface area contributed by atoms with Crippen LogP contribution in [0.2, 0.25) is 0 Å². The van der Waals surface area contributed by atoms with Gasteiger partial charge in [-0.05, 0) is 37.5 Å². The van der Waals surface area contributed by atoms with Gasteiger partial charge in [0.1, 0.15) is 11.8 Å². The minimum atomic E-state index is -0.468. The molecule has 2 aliphatic rings. The first-order valence-corrected chi connectivity index (χ1v) is 10.8. The Morgan fingerprint density at radius 3 is 2.54 bits per heavy atom. The number of carbonyl (C=O) groups excluding carboxylic acids is 1. The number of nitrogens with two attached hydrogens (primary N) is 1. The number of Topliss-reactive ketones (excluding diaryl/α,β-unsaturated/α-hetero) is 1. The number of rotatable bonds is 11. The lowest BCUT2D eigenvalue weighted by Gasteiger charge is -2.32. The van der Waals surface area contributed by atoms with Gasteiger partial charge in [0.15, 0.2) is 5.78 Å². The van der Waals surface area contributed by atoms with E-state index in [0.717, 1.165) is 37.8 Å². The summed E-state index contributed by atoms with van der Waals surface area (Å²) in [5, 5.41) is 6.25. The zero-order chi connectivity index (χ0) is 19.8. The molecule has 0 spiro atoms. The molecule has 1 aliphatic heterocycles. The summed E-state index contributed by atoms with van der Waals surface area (Å²) in [6.07, 6.45) is 12.2. The summed E-state index contributed by atoms with van der Waals surface area (Å²) >= 11 is 0. The maximum absolute atomic E-state index is 12.8. The smallest absolute Gasteiger partial charge is 0.212 e. The Balaban J connectivity index is 1.66. The normalized spacial score (nSPS) is 19.6. The van der Waals surface area contributed by atoms with E-state index < -0.39 is 5.92 Å². The molecule has 0 aromatic heterocycles. The molecule has 1 aliphatic carbocycles. The number of amidine groups is 1. The van der Waals surface area contributed by atoms with E-state index in [-0.39, 0.29) is 11.7 Å². The second-order valence-electron chi connectivity index (χ2n) is 7.80. The maximum atomic E-state index is 12.8. The third-order valence-corrected chi connectivity index (χ3v) is 5.61. The minimum absolute atomic E-state index is 0.123. The van der Waals surface area contributed by atoms with Gasteiger partial charge >= 0.3 is 0 Å². The van der Waals surface area contributed by atoms with E-state index in [1.807, 2.05) is 36.4 Å². The number of ketones is 1. The summed E-state index contributed by atoms with van der Waals surface area (Å²) in [6.45, 7) is 2.85. The lowest BCUT2D eigenvalue weighted by molar-refractivity contribution is -0.126. The number of anilines is 1. The van der Waals surface area contributed by atoms with E-state index in [1.165, 1.54) is 25.7 Å². The summed E-state index contributed by atoms with van der Waals surface area (Å²) in [6, 6.07) is 9.81. The number of hydrogen-bond acceptors (Lipinski definition) is 5. The van der Waals surface area contributed by atoms with Crippen molar-refractivity contribution in [1.29, 1.82) is 0 Å². The van der Waals surface area contributed by atoms with Gasteiger partial charge in [0, 0.05) is 5.92 Å². The van der Waals surface area contributed by atoms with Gasteiger partial charge in [-0.1, -0.05) is 63.6 Å². The Morgan fingerprint density at radius 1 is 1.14 bits per heavy atom. The summed E-state index contributed by atoms with van der Waals surface area (Å²) in [7, 11) is 0. The summed E-state index contributed by atoms with van der Waals surface area (Å²) in [5.74, 6) is 0.808. The van der Waals surface area contributed by atoms with Crippen LogP contribution in [0.3, 0.4) is 0 Å². The molecule has 0 radical (unpaired) electrons. The SMILES string of the molecule is CCCCCCCCOC1=CC(C(=O)C2CCC2)C(N)=NN1c1ccccc1. The number of unbranched alkanes of at least 4 members (excludes halogenated alkanes) is 5. The molecule has 3 rings (SSSR count). The third-order valence-electron chi connectivity index (χ3n) is 5.61. The first kappa shape index (κ1) is 20.4. The number of hydrazone groups is 1. The molecule has 1 atom stereocenters. The molecular formula is C23H33N3O2. The van der Waals surface area contributed by atoms with Crippen molar-refractivity contribution in [3.8, 4) is 0 Å². The third kappa shape index (κ3) is 5.15. The van der Waals surface area contributed by atoms with Crippen LogP contribution in [-0.4, -0.2) is 18.2 Å². The van der Waals surface area contributed by atoms with Crippen molar-refractivity contribution >= 4 is 17.3 Å². The van der Waals surface area contributed by atoms with Gasteiger partial charge in [0.25, 0.3) is 0 Å². The maximum Gasteiger partial charge on any atom is 0.212 e. The van der Waals surface area contributed by atoms with E-state index in [2.05, 4.69) is 12.0 Å². The molecule has 1 saturated carbocycles. The molecule has 152 valence electrons. The fourth-order valence-corrected chi connectivity index (χ4v) is 3.62. The number of carbonyl (C=O) groups is 1. The van der Waals surface area contributed by atoms with E-state index in [9.17, 15) is 4.79 Å². The molecule has 0 saturated heterocycles. The number of nitrogens with zero attached hydrogens (tertiary/aromatic N) is 2. The average Bonchev–Trinajstić information content (AvgIpc) is 2.67. The minimum Gasteiger partial charge on any atom is -0.478 e. The quantitative estimate of drug-likeness (QED) is 0.547. The summed E-state index contributed by atoms with van der Waals surface area (Å²) < 4.78 is 6.09. The van der Waals surface area contributed by atoms with Crippen LogP contribution in [0, 0.1) is 11.8 Å². The Morgan fingerprint density at radius 2 is 1.86 bits per heavy atom. The number of ether oxygens (including phenoxy) is 1. The largest absolute Gasteiger partial charge is 0.478 e. The van der Waals surface area contributed by atoms with Gasteiger partial charge in [-0.15, -0.1) is 0 Å². The van der Waals surface area contributed by atoms with Gasteiger partial charge in [0.05, 0.1) is 12.3 Å². The molecule has 28 heavy (non-hydrogen) atoms. The molecule has 0 amide bonds. The van der Waals surface area contributed by atoms with Crippen LogP contribution < -0.4 is 10.7 Å². The average molecular weight is 384 g/mol. The van der Waals surface area contributed by atoms with Crippen molar-refractivity contribution in [3.63, 3.8) is 0 Å². The topological polar surface area (TPSA) is 67.9 Å². The van der Waals surface area contributed by atoms with Crippen molar-refractivity contribution in [1.82, 2.24) is 0 Å². The van der Waals surface area contributed by atoms with E-state index in [4.69, 9.17) is 10.5 Å². The van der Waals surface area contributed by atoms with Crippen molar-refractivity contribution in [2.75, 3.05) is 11.6 Å². The Labute approximate surface area is 168 Å². The highest BCUT2D eigenvalue weighted by molar-refractivity contribution is 6.07. The van der Waals surface area contributed by atoms with Gasteiger partial charge in [-0.2, -0.15) is 10.1 Å². The zero-order valence-electron chi connectivity index (χ0n) is 17.0. The second kappa shape index (κ2) is 10.3. The fraction of sp³-hybridized carbons (Fsp3) is 0.565. The summed E-state index contributed by atoms with van der Waals surface area (Å²) in [5.41, 5.74) is 7.08. The van der Waals surface area contributed by atoms with E-state index in [1.54, 1.807) is 5.01 Å². The van der Waals surface area contributed by atoms with Crippen LogP contribution in [0.4, 0.5) is 5.69 Å². The predicted molar refractivity (Wildman–Crippen MR) is 114 cm³/mol. The molecule has 5 nitrogen and oxygen atoms in total. The van der Waals surface area contributed by atoms with Crippen LogP contribution in [0.5, 0.6) is 0 Å². The Hall–Kier alpha value is -2.30. The first-order valence-electron chi connectivity index (χ1n) is 10.8. The molecule has 5 heteroatoms. The molecule has 1 unspecified atom stereocenters. The fourth-order valence-electron chi connectivity index (χ4n) is 3.62. The van der Waals surface area contributed by atoms with E-state index >= 15 is 0 Å². The number of benzene rings is 1. The molecule has 0 bridgehead atoms. The monoisotopic (exact) mass is 383 g/mol. The lowest BCUT2D eigenvalue weighted by atomic mass is 9.77. The molecule has 1 aromatic rings. The van der Waals surface area contributed by atoms with Crippen LogP contribution >= 0.6 is 0 Å². The standard InChI is InChI=1S/C23H33N3O2/c1-2-3-4-5-6-10-16-28-21-17-20(22(27)18-12-11-13-18)23(24)25-26(21)19-14-8-7-9-15-19/h7-9,14-15,17-18,20H,2-6,10-13,16H2,1H3,(H2,24,25). The highest BCUT2D eigenvalue weighted by Crippen LogP contribution is 2.33. The van der Waals surface area contributed by atoms with E-state index in [0.29, 0.717) is 18.3 Å². The summed E-state index contributed by atoms with van der Waals surface area (Å²) in [4.78, 5) is 12.8. The van der Waals surface area contributed by atoms with Crippen molar-refractivity contribution in [3.05, 3.63) is 42.3 Å². The van der Waals surface area contributed by atoms with Crippen LogP contribution in [-0.2, 0) is 9.53 Å². The predicted octanol–water partition coefficient (Wildman–Crippen LogP) is 4.98. The van der Waals surface area contributed by atoms with Gasteiger partial charge in [-0.3, -0.25) is 4.79 Å². The first-order chi connectivity index (χ1) is 13.7. The van der Waals surface area contributed by atoms with Crippen molar-refractivity contribution in [2.24, 2.45) is 22.7 Å². The lowest BCUT2D eigenvalue weighted by Crippen LogP contribution is -2.41.